The molecule has 0 bridgehead atoms. The van der Waals surface area contributed by atoms with Crippen molar-refractivity contribution in [2.75, 3.05) is 13.1 Å². The van der Waals surface area contributed by atoms with Gasteiger partial charge in [0.1, 0.15) is 6.04 Å². The highest BCUT2D eigenvalue weighted by Crippen LogP contribution is 2.25. The first-order valence-electron chi connectivity index (χ1n) is 7.98. The van der Waals surface area contributed by atoms with Gasteiger partial charge in [0.15, 0.2) is 0 Å². The van der Waals surface area contributed by atoms with Gasteiger partial charge in [-0.3, -0.25) is 19.3 Å². The van der Waals surface area contributed by atoms with Crippen molar-refractivity contribution < 1.29 is 14.4 Å². The number of hydrogen-bond acceptors (Lipinski definition) is 4. The summed E-state index contributed by atoms with van der Waals surface area (Å²) in [5.74, 6) is -1.05. The van der Waals surface area contributed by atoms with Gasteiger partial charge in [0, 0.05) is 6.04 Å². The van der Waals surface area contributed by atoms with Crippen LogP contribution in [-0.4, -0.2) is 47.8 Å². The van der Waals surface area contributed by atoms with Crippen LogP contribution in [0.25, 0.3) is 0 Å². The molecule has 2 heterocycles. The van der Waals surface area contributed by atoms with E-state index in [9.17, 15) is 14.4 Å². The van der Waals surface area contributed by atoms with Gasteiger partial charge in [-0.1, -0.05) is 11.6 Å². The van der Waals surface area contributed by atoms with Crippen LogP contribution in [0.1, 0.15) is 46.0 Å². The van der Waals surface area contributed by atoms with Crippen LogP contribution in [-0.2, 0) is 4.79 Å². The summed E-state index contributed by atoms with van der Waals surface area (Å²) in [6.45, 7) is 5.20. The average Bonchev–Trinajstić information content (AvgIpc) is 2.78. The summed E-state index contributed by atoms with van der Waals surface area (Å²) >= 11 is 0. The summed E-state index contributed by atoms with van der Waals surface area (Å²) < 4.78 is 0. The largest absolute Gasteiger partial charge is 0.351 e. The average molecular weight is 352 g/mol. The molecule has 0 radical (unpaired) electrons. The van der Waals surface area contributed by atoms with Crippen LogP contribution in [0.2, 0.25) is 0 Å². The Labute approximate surface area is 147 Å². The second-order valence-electron chi connectivity index (χ2n) is 6.24. The van der Waals surface area contributed by atoms with Crippen molar-refractivity contribution in [3.63, 3.8) is 0 Å². The zero-order valence-electron chi connectivity index (χ0n) is 13.8. The van der Waals surface area contributed by atoms with Crippen LogP contribution < -0.4 is 10.6 Å². The fourth-order valence-corrected chi connectivity index (χ4v) is 3.13. The lowest BCUT2D eigenvalue weighted by Crippen LogP contribution is -2.52. The van der Waals surface area contributed by atoms with E-state index < -0.39 is 11.9 Å². The van der Waals surface area contributed by atoms with Crippen molar-refractivity contribution in [2.45, 2.75) is 38.8 Å². The van der Waals surface area contributed by atoms with E-state index in [1.807, 2.05) is 6.92 Å². The summed E-state index contributed by atoms with van der Waals surface area (Å²) in [6.07, 6.45) is 1.72. The highest BCUT2D eigenvalue weighted by Gasteiger charge is 2.41. The molecule has 3 amide bonds. The van der Waals surface area contributed by atoms with Gasteiger partial charge in [-0.2, -0.15) is 0 Å². The Kier molecular flexibility index (Phi) is 5.62. The van der Waals surface area contributed by atoms with E-state index in [0.717, 1.165) is 36.4 Å². The Bertz CT molecular complexity index is 671. The quantitative estimate of drug-likeness (QED) is 0.804. The number of rotatable bonds is 3. The minimum atomic E-state index is -0.808. The molecule has 1 fully saturated rings. The number of imide groups is 1. The molecule has 2 N–H and O–H groups in total. The maximum absolute atomic E-state index is 12.5. The molecule has 1 aromatic rings. The minimum absolute atomic E-state index is 0. The summed E-state index contributed by atoms with van der Waals surface area (Å²) in [5, 5.41) is 6.18. The predicted molar refractivity (Wildman–Crippen MR) is 92.4 cm³/mol. The van der Waals surface area contributed by atoms with Crippen LogP contribution in [0.15, 0.2) is 18.2 Å². The molecule has 2 aliphatic rings. The van der Waals surface area contributed by atoms with E-state index in [1.54, 1.807) is 25.1 Å². The first-order valence-corrected chi connectivity index (χ1v) is 7.98. The lowest BCUT2D eigenvalue weighted by molar-refractivity contribution is -0.125. The number of fused-ring (bicyclic) bond motifs is 1. The molecule has 7 heteroatoms. The van der Waals surface area contributed by atoms with E-state index in [1.165, 1.54) is 0 Å². The second-order valence-corrected chi connectivity index (χ2v) is 6.24. The van der Waals surface area contributed by atoms with Gasteiger partial charge in [-0.15, -0.1) is 12.4 Å². The lowest BCUT2D eigenvalue weighted by atomic mass is 10.1. The van der Waals surface area contributed by atoms with Crippen molar-refractivity contribution in [1.82, 2.24) is 15.5 Å². The number of carbonyl (C=O) groups is 3. The molecule has 2 aliphatic heterocycles. The van der Waals surface area contributed by atoms with Crippen LogP contribution in [0.4, 0.5) is 0 Å². The third kappa shape index (κ3) is 3.30. The molecule has 1 unspecified atom stereocenters. The molecule has 24 heavy (non-hydrogen) atoms. The van der Waals surface area contributed by atoms with Gasteiger partial charge in [0.25, 0.3) is 11.8 Å². The maximum atomic E-state index is 12.5. The number of nitrogens with one attached hydrogen (secondary N) is 2. The molecule has 3 rings (SSSR count). The van der Waals surface area contributed by atoms with Gasteiger partial charge in [-0.05, 0) is 51.9 Å². The number of halogens is 1. The minimum Gasteiger partial charge on any atom is -0.351 e. The topological polar surface area (TPSA) is 78.5 Å². The number of aryl methyl sites for hydroxylation is 1. The SMILES string of the molecule is Cc1ccc2c(c1)C(=O)N(C(C)C(=O)NC1CCNCC1)C2=O.Cl. The standard InChI is InChI=1S/C17H21N3O3.ClH/c1-10-3-4-13-14(9-10)17(23)20(16(13)22)11(2)15(21)19-12-5-7-18-8-6-12;/h3-4,9,11-12,18H,5-8H2,1-2H3,(H,19,21);1H. The zero-order valence-corrected chi connectivity index (χ0v) is 14.6. The van der Waals surface area contributed by atoms with Gasteiger partial charge < -0.3 is 10.6 Å². The maximum Gasteiger partial charge on any atom is 0.262 e. The monoisotopic (exact) mass is 351 g/mol. The molecule has 0 aromatic heterocycles. The number of hydrogen-bond donors (Lipinski definition) is 2. The predicted octanol–water partition coefficient (Wildman–Crippen LogP) is 1.27. The van der Waals surface area contributed by atoms with Crippen molar-refractivity contribution in [2.24, 2.45) is 0 Å². The fourth-order valence-electron chi connectivity index (χ4n) is 3.13. The third-order valence-electron chi connectivity index (χ3n) is 4.53. The van der Waals surface area contributed by atoms with E-state index >= 15 is 0 Å². The van der Waals surface area contributed by atoms with E-state index in [4.69, 9.17) is 0 Å². The van der Waals surface area contributed by atoms with Crippen LogP contribution >= 0.6 is 12.4 Å². The normalized spacial score (nSPS) is 18.8. The molecule has 1 saturated heterocycles. The van der Waals surface area contributed by atoms with E-state index in [-0.39, 0.29) is 30.3 Å². The molecule has 130 valence electrons. The Balaban J connectivity index is 0.00000208. The van der Waals surface area contributed by atoms with E-state index in [0.29, 0.717) is 11.1 Å². The molecule has 0 aliphatic carbocycles. The summed E-state index contributed by atoms with van der Waals surface area (Å²) in [4.78, 5) is 38.5. The van der Waals surface area contributed by atoms with Gasteiger partial charge in [0.05, 0.1) is 11.1 Å². The number of piperidine rings is 1. The fraction of sp³-hybridized carbons (Fsp3) is 0.471. The Morgan fingerprint density at radius 1 is 1.21 bits per heavy atom. The highest BCUT2D eigenvalue weighted by molar-refractivity contribution is 6.22. The van der Waals surface area contributed by atoms with Crippen LogP contribution in [0, 0.1) is 6.92 Å². The zero-order chi connectivity index (χ0) is 16.6. The van der Waals surface area contributed by atoms with Gasteiger partial charge in [-0.25, -0.2) is 0 Å². The van der Waals surface area contributed by atoms with Crippen LogP contribution in [0.5, 0.6) is 0 Å². The van der Waals surface area contributed by atoms with Crippen molar-refractivity contribution >= 4 is 30.1 Å². The number of benzene rings is 1. The summed E-state index contributed by atoms with van der Waals surface area (Å²) in [6, 6.07) is 4.45. The summed E-state index contributed by atoms with van der Waals surface area (Å²) in [5.41, 5.74) is 1.68. The van der Waals surface area contributed by atoms with E-state index in [2.05, 4.69) is 10.6 Å². The van der Waals surface area contributed by atoms with Gasteiger partial charge in [0.2, 0.25) is 5.91 Å². The molecular weight excluding hydrogens is 330 g/mol. The molecule has 1 atom stereocenters. The molecule has 6 nitrogen and oxygen atoms in total. The number of amides is 3. The number of carbonyl (C=O) groups excluding carboxylic acids is 3. The van der Waals surface area contributed by atoms with Gasteiger partial charge >= 0.3 is 0 Å². The summed E-state index contributed by atoms with van der Waals surface area (Å²) in [7, 11) is 0. The third-order valence-corrected chi connectivity index (χ3v) is 4.53. The highest BCUT2D eigenvalue weighted by atomic mass is 35.5. The van der Waals surface area contributed by atoms with Crippen LogP contribution in [0.3, 0.4) is 0 Å². The number of nitrogens with zero attached hydrogens (tertiary/aromatic N) is 1. The first kappa shape index (κ1) is 18.4. The van der Waals surface area contributed by atoms with Crippen molar-refractivity contribution in [3.8, 4) is 0 Å². The Hall–Kier alpha value is -1.92. The molecule has 1 aromatic carbocycles. The Morgan fingerprint density at radius 3 is 2.50 bits per heavy atom. The Morgan fingerprint density at radius 2 is 1.83 bits per heavy atom. The lowest BCUT2D eigenvalue weighted by Gasteiger charge is -2.27. The molecule has 0 saturated carbocycles. The first-order chi connectivity index (χ1) is 11.0. The second kappa shape index (κ2) is 7.32. The molecular formula is C17H22ClN3O3. The van der Waals surface area contributed by atoms with Crippen molar-refractivity contribution in [3.05, 3.63) is 34.9 Å². The van der Waals surface area contributed by atoms with Crippen molar-refractivity contribution in [1.29, 1.82) is 0 Å². The molecule has 0 spiro atoms. The smallest absolute Gasteiger partial charge is 0.262 e.